The summed E-state index contributed by atoms with van der Waals surface area (Å²) in [6.07, 6.45) is 2.01. The van der Waals surface area contributed by atoms with Crippen molar-refractivity contribution in [2.24, 2.45) is 0 Å². The topological polar surface area (TPSA) is 50.4 Å². The van der Waals surface area contributed by atoms with E-state index in [1.54, 1.807) is 7.11 Å². The lowest BCUT2D eigenvalue weighted by Gasteiger charge is -2.24. The largest absolute Gasteiger partial charge is 0.497 e. The molecular formula is C17H16N2O2. The molecule has 1 atom stereocenters. The van der Waals surface area contributed by atoms with Gasteiger partial charge in [-0.25, -0.2) is 4.79 Å². The van der Waals surface area contributed by atoms with Gasteiger partial charge in [-0.15, -0.1) is 0 Å². The Hall–Kier alpha value is -2.75. The van der Waals surface area contributed by atoms with Gasteiger partial charge in [0.25, 0.3) is 0 Å². The number of benzene rings is 2. The van der Waals surface area contributed by atoms with E-state index in [2.05, 4.69) is 10.6 Å². The van der Waals surface area contributed by atoms with E-state index >= 15 is 0 Å². The normalized spacial score (nSPS) is 17.5. The molecule has 0 saturated heterocycles. The summed E-state index contributed by atoms with van der Waals surface area (Å²) >= 11 is 0. The molecule has 21 heavy (non-hydrogen) atoms. The van der Waals surface area contributed by atoms with Crippen LogP contribution < -0.4 is 15.4 Å². The van der Waals surface area contributed by atoms with Crippen molar-refractivity contribution in [1.82, 2.24) is 10.6 Å². The number of hydrogen-bond acceptors (Lipinski definition) is 2. The third-order valence-electron chi connectivity index (χ3n) is 3.43. The second-order valence-electron chi connectivity index (χ2n) is 4.80. The van der Waals surface area contributed by atoms with Gasteiger partial charge in [-0.3, -0.25) is 0 Å². The van der Waals surface area contributed by atoms with Gasteiger partial charge >= 0.3 is 6.03 Å². The number of ether oxygens (including phenoxy) is 1. The van der Waals surface area contributed by atoms with Crippen molar-refractivity contribution in [3.8, 4) is 5.75 Å². The third kappa shape index (κ3) is 2.89. The Morgan fingerprint density at radius 3 is 2.38 bits per heavy atom. The molecule has 0 aliphatic carbocycles. The quantitative estimate of drug-likeness (QED) is 0.907. The molecule has 1 aliphatic heterocycles. The van der Waals surface area contributed by atoms with Crippen LogP contribution in [-0.4, -0.2) is 13.1 Å². The Labute approximate surface area is 123 Å². The van der Waals surface area contributed by atoms with Gasteiger partial charge in [-0.05, 0) is 41.5 Å². The third-order valence-corrected chi connectivity index (χ3v) is 3.43. The van der Waals surface area contributed by atoms with Crippen LogP contribution in [0.3, 0.4) is 0 Å². The van der Waals surface area contributed by atoms with Crippen molar-refractivity contribution in [2.75, 3.05) is 7.11 Å². The minimum Gasteiger partial charge on any atom is -0.497 e. The molecule has 2 aromatic rings. The number of hydrogen-bond donors (Lipinski definition) is 2. The maximum absolute atomic E-state index is 11.9. The Balaban J connectivity index is 1.92. The lowest BCUT2D eigenvalue weighted by Crippen LogP contribution is -2.40. The second-order valence-corrected chi connectivity index (χ2v) is 4.80. The van der Waals surface area contributed by atoms with Gasteiger partial charge in [-0.1, -0.05) is 30.3 Å². The lowest BCUT2D eigenvalue weighted by atomic mass is 10.0. The van der Waals surface area contributed by atoms with E-state index in [1.165, 1.54) is 0 Å². The summed E-state index contributed by atoms with van der Waals surface area (Å²) in [7, 11) is 1.63. The zero-order valence-electron chi connectivity index (χ0n) is 11.7. The molecule has 0 aromatic heterocycles. The Kier molecular flexibility index (Phi) is 3.60. The van der Waals surface area contributed by atoms with Crippen LogP contribution in [0.1, 0.15) is 17.2 Å². The highest BCUT2D eigenvalue weighted by atomic mass is 16.5. The average Bonchev–Trinajstić information content (AvgIpc) is 2.55. The van der Waals surface area contributed by atoms with Crippen LogP contribution in [0.25, 0.3) is 5.70 Å². The van der Waals surface area contributed by atoms with Crippen molar-refractivity contribution in [1.29, 1.82) is 0 Å². The van der Waals surface area contributed by atoms with Gasteiger partial charge < -0.3 is 15.4 Å². The van der Waals surface area contributed by atoms with Crippen LogP contribution >= 0.6 is 0 Å². The number of urea groups is 1. The Morgan fingerprint density at radius 2 is 1.71 bits per heavy atom. The van der Waals surface area contributed by atoms with Gasteiger partial charge in [-0.2, -0.15) is 0 Å². The van der Waals surface area contributed by atoms with Crippen LogP contribution in [0.5, 0.6) is 5.75 Å². The summed E-state index contributed by atoms with van der Waals surface area (Å²) in [6.45, 7) is 0. The minimum absolute atomic E-state index is 0.128. The predicted molar refractivity (Wildman–Crippen MR) is 81.8 cm³/mol. The molecule has 1 aliphatic rings. The van der Waals surface area contributed by atoms with Crippen LogP contribution in [0, 0.1) is 0 Å². The van der Waals surface area contributed by atoms with Crippen molar-refractivity contribution in [3.63, 3.8) is 0 Å². The van der Waals surface area contributed by atoms with E-state index in [0.29, 0.717) is 0 Å². The molecule has 2 N–H and O–H groups in total. The summed E-state index contributed by atoms with van der Waals surface area (Å²) in [4.78, 5) is 11.9. The first-order chi connectivity index (χ1) is 10.3. The number of methoxy groups -OCH3 is 1. The lowest BCUT2D eigenvalue weighted by molar-refractivity contribution is 0.241. The molecule has 3 rings (SSSR count). The number of nitrogens with one attached hydrogen (secondary N) is 2. The first-order valence-corrected chi connectivity index (χ1v) is 6.75. The molecule has 0 radical (unpaired) electrons. The van der Waals surface area contributed by atoms with E-state index < -0.39 is 0 Å². The Morgan fingerprint density at radius 1 is 1.00 bits per heavy atom. The van der Waals surface area contributed by atoms with Crippen LogP contribution in [0.15, 0.2) is 60.7 Å². The fourth-order valence-corrected chi connectivity index (χ4v) is 2.33. The highest BCUT2D eigenvalue weighted by Gasteiger charge is 2.20. The number of rotatable bonds is 3. The fourth-order valence-electron chi connectivity index (χ4n) is 2.33. The van der Waals surface area contributed by atoms with Gasteiger partial charge in [0.1, 0.15) is 5.75 Å². The van der Waals surface area contributed by atoms with E-state index in [1.807, 2.05) is 60.7 Å². The molecule has 2 aromatic carbocycles. The molecule has 0 spiro atoms. The highest BCUT2D eigenvalue weighted by molar-refractivity contribution is 5.88. The summed E-state index contributed by atoms with van der Waals surface area (Å²) < 4.78 is 5.15. The first-order valence-electron chi connectivity index (χ1n) is 6.75. The highest BCUT2D eigenvalue weighted by Crippen LogP contribution is 2.24. The molecule has 4 nitrogen and oxygen atoms in total. The molecular weight excluding hydrogens is 264 g/mol. The average molecular weight is 280 g/mol. The van der Waals surface area contributed by atoms with E-state index in [4.69, 9.17) is 4.74 Å². The fraction of sp³-hybridized carbons (Fsp3) is 0.118. The summed E-state index contributed by atoms with van der Waals surface area (Å²) in [5, 5.41) is 5.74. The predicted octanol–water partition coefficient (Wildman–Crippen LogP) is 3.09. The van der Waals surface area contributed by atoms with Crippen molar-refractivity contribution in [2.45, 2.75) is 6.04 Å². The summed E-state index contributed by atoms with van der Waals surface area (Å²) in [5.41, 5.74) is 2.81. The molecule has 4 heteroatoms. The summed E-state index contributed by atoms with van der Waals surface area (Å²) in [5.74, 6) is 0.791. The van der Waals surface area contributed by atoms with Gasteiger partial charge in [0, 0.05) is 5.70 Å². The zero-order chi connectivity index (χ0) is 14.7. The maximum atomic E-state index is 11.9. The van der Waals surface area contributed by atoms with Crippen molar-refractivity contribution < 1.29 is 9.53 Å². The number of carbonyl (C=O) groups excluding carboxylic acids is 1. The monoisotopic (exact) mass is 280 g/mol. The standard InChI is InChI=1S/C17H16N2O2/c1-21-14-9-7-13(8-10-14)16-11-15(18-17(20)19-16)12-5-3-2-4-6-12/h2-11,15H,1H3,(H2,18,19,20). The molecule has 1 unspecified atom stereocenters. The molecule has 0 fully saturated rings. The van der Waals surface area contributed by atoms with E-state index in [-0.39, 0.29) is 12.1 Å². The Bertz CT molecular complexity index is 663. The molecule has 0 saturated carbocycles. The minimum atomic E-state index is -0.197. The zero-order valence-corrected chi connectivity index (χ0v) is 11.7. The van der Waals surface area contributed by atoms with Crippen LogP contribution in [-0.2, 0) is 0 Å². The second kappa shape index (κ2) is 5.71. The van der Waals surface area contributed by atoms with Crippen LogP contribution in [0.2, 0.25) is 0 Å². The SMILES string of the molecule is COc1ccc(C2=CC(c3ccccc3)NC(=O)N2)cc1. The van der Waals surface area contributed by atoms with Crippen LogP contribution in [0.4, 0.5) is 4.79 Å². The van der Waals surface area contributed by atoms with E-state index in [9.17, 15) is 4.79 Å². The van der Waals surface area contributed by atoms with E-state index in [0.717, 1.165) is 22.6 Å². The maximum Gasteiger partial charge on any atom is 0.319 e. The van der Waals surface area contributed by atoms with Gasteiger partial charge in [0.15, 0.2) is 0 Å². The molecule has 106 valence electrons. The molecule has 1 heterocycles. The van der Waals surface area contributed by atoms with Gasteiger partial charge in [0.2, 0.25) is 0 Å². The smallest absolute Gasteiger partial charge is 0.319 e. The first kappa shape index (κ1) is 13.2. The molecule has 2 amide bonds. The van der Waals surface area contributed by atoms with Gasteiger partial charge in [0.05, 0.1) is 13.2 Å². The number of carbonyl (C=O) groups is 1. The summed E-state index contributed by atoms with van der Waals surface area (Å²) in [6, 6.07) is 17.2. The van der Waals surface area contributed by atoms with Crippen molar-refractivity contribution >= 4 is 11.7 Å². The molecule has 0 bridgehead atoms. The van der Waals surface area contributed by atoms with Crippen molar-refractivity contribution in [3.05, 3.63) is 71.8 Å². The number of amides is 2.